The molecule has 8 aromatic rings. The Morgan fingerprint density at radius 3 is 1.32 bits per heavy atom. The van der Waals surface area contributed by atoms with Crippen molar-refractivity contribution in [1.29, 1.82) is 0 Å². The zero-order valence-corrected chi connectivity index (χ0v) is 46.6. The Morgan fingerprint density at radius 1 is 0.435 bits per heavy atom. The van der Waals surface area contributed by atoms with E-state index in [2.05, 4.69) is 10.6 Å². The topological polar surface area (TPSA) is 199 Å². The molecule has 2 aliphatic rings. The van der Waals surface area contributed by atoms with Crippen molar-refractivity contribution in [3.8, 4) is 0 Å². The van der Waals surface area contributed by atoms with Crippen LogP contribution in [0.25, 0.3) is 0 Å². The number of benzene rings is 8. The second-order valence-electron chi connectivity index (χ2n) is 20.6. The lowest BCUT2D eigenvalue weighted by Crippen LogP contribution is -2.68. The lowest BCUT2D eigenvalue weighted by atomic mass is 9.77. The number of ether oxygens (including phenoxy) is 9. The number of esters is 1. The van der Waals surface area contributed by atoms with Crippen molar-refractivity contribution in [2.75, 3.05) is 13.2 Å². The summed E-state index contributed by atoms with van der Waals surface area (Å²) in [5, 5.41) is 31.5. The zero-order valence-electron chi connectivity index (χ0n) is 46.6. The number of aliphatic hydroxyl groups is 2. The van der Waals surface area contributed by atoms with Gasteiger partial charge in [-0.05, 0) is 44.5 Å². The monoisotopic (exact) mass is 1150 g/mol. The van der Waals surface area contributed by atoms with Gasteiger partial charge in [0, 0.05) is 0 Å². The van der Waals surface area contributed by atoms with Crippen molar-refractivity contribution >= 4 is 18.0 Å². The summed E-state index contributed by atoms with van der Waals surface area (Å²) >= 11 is 0. The van der Waals surface area contributed by atoms with Crippen LogP contribution in [0.1, 0.15) is 44.5 Å². The number of carbonyl (C=O) groups is 3. The number of carbonyl (C=O) groups excluding carboxylic acids is 3. The van der Waals surface area contributed by atoms with Gasteiger partial charge in [-0.2, -0.15) is 0 Å². The minimum Gasteiger partial charge on any atom is -0.459 e. The van der Waals surface area contributed by atoms with E-state index in [9.17, 15) is 24.6 Å². The normalized spacial score (nSPS) is 22.1. The molecule has 0 spiro atoms. The average molecular weight is 1150 g/mol. The predicted octanol–water partition coefficient (Wildman–Crippen LogP) is 9.09. The Bertz CT molecular complexity index is 3190. The highest BCUT2D eigenvalue weighted by molar-refractivity contribution is 5.80. The Balaban J connectivity index is 0.976. The van der Waals surface area contributed by atoms with Crippen LogP contribution >= 0.6 is 0 Å². The third-order valence-corrected chi connectivity index (χ3v) is 14.7. The molecule has 2 aliphatic heterocycles. The number of hydrogen-bond acceptors (Lipinski definition) is 14. The Morgan fingerprint density at radius 2 is 0.847 bits per heavy atom. The standard InChI is InChI=1S/C69H68N2O14/c72-57(71-69(53-35-19-6-20-36-53,54-37-21-7-22-38-54)55-39-23-8-24-40-55)47-81-66-58(70-68(76)82-45-52-33-17-5-18-34-52)59(73)61(56(83-66)46-77-41-48-25-9-1-10-26-48)84-67-60(74)62(78-42-49-27-11-2-12-28-49)63(79-43-50-29-13-3-14-30-50)64(85-67)65(75)80-44-51-31-15-4-16-32-51/h1-40,56,58-64,66-67,73-74H,41-47H2,(H,70,76)(H,71,72)/t56-,58-,59-,60-,61-,62-,63+,64+,66-,67-/m1/s1. The van der Waals surface area contributed by atoms with E-state index in [1.807, 2.05) is 218 Å². The summed E-state index contributed by atoms with van der Waals surface area (Å²) in [6.07, 6.45) is -14.8. The van der Waals surface area contributed by atoms with Gasteiger partial charge in [0.25, 0.3) is 0 Å². The third-order valence-electron chi connectivity index (χ3n) is 14.7. The van der Waals surface area contributed by atoms with Gasteiger partial charge in [-0.1, -0.05) is 243 Å². The summed E-state index contributed by atoms with van der Waals surface area (Å²) in [5.74, 6) is -1.42. The van der Waals surface area contributed by atoms with Crippen LogP contribution in [0.2, 0.25) is 0 Å². The van der Waals surface area contributed by atoms with Crippen LogP contribution < -0.4 is 10.6 Å². The second kappa shape index (κ2) is 29.9. The minimum atomic E-state index is -1.79. The van der Waals surface area contributed by atoms with Gasteiger partial charge in [0.05, 0.1) is 26.4 Å². The maximum absolute atomic E-state index is 14.8. The molecular formula is C69H68N2O14. The van der Waals surface area contributed by atoms with E-state index >= 15 is 0 Å². The minimum absolute atomic E-state index is 0.00430. The molecule has 0 aromatic heterocycles. The van der Waals surface area contributed by atoms with E-state index < -0.39 is 91.5 Å². The lowest BCUT2D eigenvalue weighted by Gasteiger charge is -2.48. The molecule has 16 heteroatoms. The second-order valence-corrected chi connectivity index (χ2v) is 20.6. The molecule has 0 bridgehead atoms. The van der Waals surface area contributed by atoms with E-state index in [0.29, 0.717) is 11.1 Å². The van der Waals surface area contributed by atoms with Gasteiger partial charge in [-0.25, -0.2) is 9.59 Å². The number of rotatable bonds is 25. The van der Waals surface area contributed by atoms with Crippen LogP contribution in [0, 0.1) is 0 Å². The molecule has 8 aromatic carbocycles. The third kappa shape index (κ3) is 15.7. The van der Waals surface area contributed by atoms with Gasteiger partial charge in [-0.3, -0.25) is 4.79 Å². The number of amides is 2. The van der Waals surface area contributed by atoms with Gasteiger partial charge in [0.1, 0.15) is 68.0 Å². The van der Waals surface area contributed by atoms with Crippen LogP contribution in [0.15, 0.2) is 243 Å². The first kappa shape index (κ1) is 59.8. The molecule has 0 aliphatic carbocycles. The number of hydrogen-bond donors (Lipinski definition) is 4. The molecule has 2 heterocycles. The summed E-state index contributed by atoms with van der Waals surface area (Å²) in [6.45, 7) is -1.10. The van der Waals surface area contributed by atoms with E-state index in [1.165, 1.54) is 0 Å². The van der Waals surface area contributed by atoms with Gasteiger partial charge in [0.15, 0.2) is 18.7 Å². The van der Waals surface area contributed by atoms with Crippen molar-refractivity contribution in [2.24, 2.45) is 0 Å². The molecule has 10 rings (SSSR count). The van der Waals surface area contributed by atoms with Gasteiger partial charge in [0.2, 0.25) is 5.91 Å². The van der Waals surface area contributed by atoms with E-state index in [1.54, 1.807) is 24.3 Å². The van der Waals surface area contributed by atoms with Crippen LogP contribution in [-0.2, 0) is 90.8 Å². The maximum Gasteiger partial charge on any atom is 0.407 e. The molecule has 2 amide bonds. The maximum atomic E-state index is 14.8. The van der Waals surface area contributed by atoms with Crippen molar-refractivity contribution in [1.82, 2.24) is 10.6 Å². The number of alkyl carbamates (subject to hydrolysis) is 1. The molecule has 10 atom stereocenters. The Kier molecular flexibility index (Phi) is 21.0. The van der Waals surface area contributed by atoms with E-state index in [0.717, 1.165) is 33.4 Å². The summed E-state index contributed by atoms with van der Waals surface area (Å²) in [5.41, 5.74) is 4.82. The lowest BCUT2D eigenvalue weighted by molar-refractivity contribution is -0.351. The summed E-state index contributed by atoms with van der Waals surface area (Å²) in [4.78, 5) is 43.4. The zero-order chi connectivity index (χ0) is 58.6. The SMILES string of the molecule is O=C(CO[C@@H]1O[C@H](COCc2ccccc2)[C@@H](O[C@@H]2O[C@H](C(=O)OCc3ccccc3)[C@@H](OCc3ccccc3)[C@H](OCc3ccccc3)[C@H]2O)[C@H](O)[C@H]1NC(=O)OCc1ccccc1)NC(c1ccccc1)(c1ccccc1)c1ccccc1. The van der Waals surface area contributed by atoms with Gasteiger partial charge < -0.3 is 63.5 Å². The summed E-state index contributed by atoms with van der Waals surface area (Å²) in [7, 11) is 0. The molecule has 85 heavy (non-hydrogen) atoms. The molecule has 438 valence electrons. The first-order valence-electron chi connectivity index (χ1n) is 28.2. The predicted molar refractivity (Wildman–Crippen MR) is 313 cm³/mol. The van der Waals surface area contributed by atoms with Crippen molar-refractivity contribution in [3.63, 3.8) is 0 Å². The smallest absolute Gasteiger partial charge is 0.407 e. The quantitative estimate of drug-likeness (QED) is 0.0312. The fraction of sp³-hybridized carbons (Fsp3) is 0.261. The fourth-order valence-corrected chi connectivity index (χ4v) is 10.5. The fourth-order valence-electron chi connectivity index (χ4n) is 10.5. The Hall–Kier alpha value is -8.39. The highest BCUT2D eigenvalue weighted by atomic mass is 16.7. The van der Waals surface area contributed by atoms with Gasteiger partial charge in [-0.15, -0.1) is 0 Å². The molecule has 0 saturated carbocycles. The Labute approximate surface area is 494 Å². The molecule has 0 unspecified atom stereocenters. The highest BCUT2D eigenvalue weighted by Crippen LogP contribution is 2.38. The summed E-state index contributed by atoms with van der Waals surface area (Å²) in [6, 6.07) is 73.2. The van der Waals surface area contributed by atoms with Crippen LogP contribution in [0.4, 0.5) is 4.79 Å². The molecule has 4 N–H and O–H groups in total. The van der Waals surface area contributed by atoms with Crippen molar-refractivity contribution in [2.45, 2.75) is 99.9 Å². The van der Waals surface area contributed by atoms with Crippen LogP contribution in [0.3, 0.4) is 0 Å². The largest absolute Gasteiger partial charge is 0.459 e. The molecule has 2 fully saturated rings. The molecule has 0 radical (unpaired) electrons. The number of aliphatic hydroxyl groups excluding tert-OH is 2. The highest BCUT2D eigenvalue weighted by Gasteiger charge is 2.55. The molecule has 2 saturated heterocycles. The first-order chi connectivity index (χ1) is 41.7. The van der Waals surface area contributed by atoms with Crippen molar-refractivity contribution in [3.05, 3.63) is 287 Å². The summed E-state index contributed by atoms with van der Waals surface area (Å²) < 4.78 is 57.4. The van der Waals surface area contributed by atoms with Crippen LogP contribution in [0.5, 0.6) is 0 Å². The molecule has 16 nitrogen and oxygen atoms in total. The van der Waals surface area contributed by atoms with E-state index in [-0.39, 0.29) is 39.6 Å². The van der Waals surface area contributed by atoms with E-state index in [4.69, 9.17) is 42.6 Å². The van der Waals surface area contributed by atoms with Crippen molar-refractivity contribution < 1.29 is 67.2 Å². The van der Waals surface area contributed by atoms with Gasteiger partial charge >= 0.3 is 12.1 Å². The number of nitrogens with one attached hydrogen (secondary N) is 2. The van der Waals surface area contributed by atoms with Crippen LogP contribution in [-0.4, -0.2) is 103 Å². The molecular weight excluding hydrogens is 1080 g/mol. The average Bonchev–Trinajstić information content (AvgIpc) is 3.06. The first-order valence-corrected chi connectivity index (χ1v) is 28.2.